The van der Waals surface area contributed by atoms with Crippen LogP contribution in [0.25, 0.3) is 0 Å². The molecule has 0 heterocycles. The highest BCUT2D eigenvalue weighted by Gasteiger charge is 2.27. The van der Waals surface area contributed by atoms with Crippen molar-refractivity contribution in [2.75, 3.05) is 13.1 Å². The number of rotatable bonds is 9. The Morgan fingerprint density at radius 3 is 2.50 bits per heavy atom. The fourth-order valence-corrected chi connectivity index (χ4v) is 4.10. The Labute approximate surface area is 160 Å². The Balaban J connectivity index is 2.25. The van der Waals surface area contributed by atoms with Crippen LogP contribution in [-0.2, 0) is 21.4 Å². The topological polar surface area (TPSA) is 66.5 Å². The van der Waals surface area contributed by atoms with Gasteiger partial charge in [0.1, 0.15) is 0 Å². The summed E-state index contributed by atoms with van der Waals surface area (Å²) in [5.74, 6) is -0.319. The standard InChI is InChI=1S/C19H23ClN2O3S/c1-2-3-12-21-19(23)15-22(14-16-8-5-4-6-9-16)26(24,25)18-11-7-10-17(20)13-18/h4-11,13H,2-3,12,14-15H2,1H3,(H,21,23). The Morgan fingerprint density at radius 1 is 1.12 bits per heavy atom. The van der Waals surface area contributed by atoms with Gasteiger partial charge < -0.3 is 5.32 Å². The Kier molecular flexibility index (Phi) is 7.63. The molecule has 0 bridgehead atoms. The van der Waals surface area contributed by atoms with Crippen LogP contribution in [0.3, 0.4) is 0 Å². The van der Waals surface area contributed by atoms with Gasteiger partial charge in [0.2, 0.25) is 15.9 Å². The highest BCUT2D eigenvalue weighted by atomic mass is 35.5. The number of halogens is 1. The zero-order valence-electron chi connectivity index (χ0n) is 14.7. The molecule has 2 aromatic carbocycles. The van der Waals surface area contributed by atoms with Crippen LogP contribution in [0.5, 0.6) is 0 Å². The number of hydrogen-bond donors (Lipinski definition) is 1. The number of unbranched alkanes of at least 4 members (excludes halogenated alkanes) is 1. The fraction of sp³-hybridized carbons (Fsp3) is 0.316. The summed E-state index contributed by atoms with van der Waals surface area (Å²) in [7, 11) is -3.86. The second kappa shape index (κ2) is 9.71. The normalized spacial score (nSPS) is 11.5. The van der Waals surface area contributed by atoms with Gasteiger partial charge in [0, 0.05) is 18.1 Å². The van der Waals surface area contributed by atoms with E-state index in [1.165, 1.54) is 16.4 Å². The minimum absolute atomic E-state index is 0.0716. The van der Waals surface area contributed by atoms with E-state index in [1.807, 2.05) is 37.3 Å². The van der Waals surface area contributed by atoms with E-state index in [1.54, 1.807) is 12.1 Å². The molecule has 0 saturated carbocycles. The predicted octanol–water partition coefficient (Wildman–Crippen LogP) is 3.45. The SMILES string of the molecule is CCCCNC(=O)CN(Cc1ccccc1)S(=O)(=O)c1cccc(Cl)c1. The Bertz CT molecular complexity index is 826. The van der Waals surface area contributed by atoms with Gasteiger partial charge in [-0.05, 0) is 30.2 Å². The number of carbonyl (C=O) groups is 1. The van der Waals surface area contributed by atoms with Crippen LogP contribution in [0.4, 0.5) is 0 Å². The van der Waals surface area contributed by atoms with Crippen molar-refractivity contribution in [3.63, 3.8) is 0 Å². The van der Waals surface area contributed by atoms with Crippen LogP contribution < -0.4 is 5.32 Å². The lowest BCUT2D eigenvalue weighted by atomic mass is 10.2. The predicted molar refractivity (Wildman–Crippen MR) is 103 cm³/mol. The zero-order chi connectivity index (χ0) is 19.0. The molecular weight excluding hydrogens is 372 g/mol. The first-order chi connectivity index (χ1) is 12.4. The van der Waals surface area contributed by atoms with E-state index < -0.39 is 10.0 Å². The van der Waals surface area contributed by atoms with Crippen molar-refractivity contribution < 1.29 is 13.2 Å². The maximum Gasteiger partial charge on any atom is 0.243 e. The first-order valence-electron chi connectivity index (χ1n) is 8.50. The molecular formula is C19H23ClN2O3S. The number of amides is 1. The molecule has 140 valence electrons. The molecule has 0 aliphatic heterocycles. The van der Waals surface area contributed by atoms with E-state index in [-0.39, 0.29) is 23.9 Å². The second-order valence-electron chi connectivity index (χ2n) is 5.92. The van der Waals surface area contributed by atoms with E-state index in [0.29, 0.717) is 11.6 Å². The molecule has 2 aromatic rings. The Morgan fingerprint density at radius 2 is 1.85 bits per heavy atom. The number of hydrogen-bond acceptors (Lipinski definition) is 3. The molecule has 0 atom stereocenters. The van der Waals surface area contributed by atoms with Crippen molar-refractivity contribution >= 4 is 27.5 Å². The molecule has 0 radical (unpaired) electrons. The molecule has 7 heteroatoms. The quantitative estimate of drug-likeness (QED) is 0.662. The van der Waals surface area contributed by atoms with Gasteiger partial charge in [-0.15, -0.1) is 0 Å². The van der Waals surface area contributed by atoms with Crippen molar-refractivity contribution in [2.45, 2.75) is 31.2 Å². The van der Waals surface area contributed by atoms with Crippen molar-refractivity contribution in [1.29, 1.82) is 0 Å². The largest absolute Gasteiger partial charge is 0.355 e. The minimum Gasteiger partial charge on any atom is -0.355 e. The van der Waals surface area contributed by atoms with E-state index >= 15 is 0 Å². The van der Waals surface area contributed by atoms with Gasteiger partial charge in [-0.25, -0.2) is 8.42 Å². The van der Waals surface area contributed by atoms with Crippen LogP contribution >= 0.6 is 11.6 Å². The summed E-state index contributed by atoms with van der Waals surface area (Å²) in [5.41, 5.74) is 0.805. The van der Waals surface area contributed by atoms with Gasteiger partial charge in [0.25, 0.3) is 0 Å². The smallest absolute Gasteiger partial charge is 0.243 e. The monoisotopic (exact) mass is 394 g/mol. The molecule has 0 spiro atoms. The third-order valence-electron chi connectivity index (χ3n) is 3.81. The molecule has 0 unspecified atom stereocenters. The maximum atomic E-state index is 13.0. The van der Waals surface area contributed by atoms with Gasteiger partial charge in [-0.2, -0.15) is 4.31 Å². The van der Waals surface area contributed by atoms with Crippen LogP contribution in [-0.4, -0.2) is 31.7 Å². The minimum atomic E-state index is -3.86. The molecule has 0 saturated heterocycles. The molecule has 0 aliphatic rings. The van der Waals surface area contributed by atoms with E-state index in [0.717, 1.165) is 18.4 Å². The van der Waals surface area contributed by atoms with E-state index in [9.17, 15) is 13.2 Å². The van der Waals surface area contributed by atoms with Gasteiger partial charge in [0.15, 0.2) is 0 Å². The van der Waals surface area contributed by atoms with Gasteiger partial charge >= 0.3 is 0 Å². The first kappa shape index (κ1) is 20.4. The molecule has 0 aromatic heterocycles. The summed E-state index contributed by atoms with van der Waals surface area (Å²) in [6, 6.07) is 15.2. The van der Waals surface area contributed by atoms with Crippen LogP contribution in [0, 0.1) is 0 Å². The average Bonchev–Trinajstić information content (AvgIpc) is 2.62. The Hall–Kier alpha value is -1.89. The number of carbonyl (C=O) groups excluding carboxylic acids is 1. The highest BCUT2D eigenvalue weighted by Crippen LogP contribution is 2.21. The number of nitrogens with one attached hydrogen (secondary N) is 1. The van der Waals surface area contributed by atoms with Gasteiger partial charge in [-0.3, -0.25) is 4.79 Å². The number of benzene rings is 2. The third-order valence-corrected chi connectivity index (χ3v) is 5.83. The molecule has 1 amide bonds. The molecule has 26 heavy (non-hydrogen) atoms. The van der Waals surface area contributed by atoms with Crippen molar-refractivity contribution in [2.24, 2.45) is 0 Å². The summed E-state index contributed by atoms with van der Waals surface area (Å²) in [6.07, 6.45) is 1.81. The van der Waals surface area contributed by atoms with E-state index in [4.69, 9.17) is 11.6 Å². The lowest BCUT2D eigenvalue weighted by Gasteiger charge is -2.22. The number of sulfonamides is 1. The molecule has 2 rings (SSSR count). The summed E-state index contributed by atoms with van der Waals surface area (Å²) in [4.78, 5) is 12.3. The van der Waals surface area contributed by atoms with Crippen molar-refractivity contribution in [3.05, 3.63) is 65.2 Å². The summed E-state index contributed by atoms with van der Waals surface area (Å²) in [6.45, 7) is 2.42. The molecule has 5 nitrogen and oxygen atoms in total. The summed E-state index contributed by atoms with van der Waals surface area (Å²) >= 11 is 5.94. The number of nitrogens with zero attached hydrogens (tertiary/aromatic N) is 1. The fourth-order valence-electron chi connectivity index (χ4n) is 2.41. The summed E-state index contributed by atoms with van der Waals surface area (Å²) in [5, 5.41) is 3.10. The molecule has 0 fully saturated rings. The molecule has 0 aliphatic carbocycles. The second-order valence-corrected chi connectivity index (χ2v) is 8.29. The average molecular weight is 395 g/mol. The van der Waals surface area contributed by atoms with Crippen molar-refractivity contribution in [3.8, 4) is 0 Å². The van der Waals surface area contributed by atoms with Crippen molar-refractivity contribution in [1.82, 2.24) is 9.62 Å². The van der Waals surface area contributed by atoms with Gasteiger partial charge in [0.05, 0.1) is 11.4 Å². The van der Waals surface area contributed by atoms with Crippen LogP contribution in [0.1, 0.15) is 25.3 Å². The maximum absolute atomic E-state index is 13.0. The lowest BCUT2D eigenvalue weighted by Crippen LogP contribution is -2.40. The summed E-state index contributed by atoms with van der Waals surface area (Å²) < 4.78 is 27.3. The van der Waals surface area contributed by atoms with Crippen LogP contribution in [0.15, 0.2) is 59.5 Å². The lowest BCUT2D eigenvalue weighted by molar-refractivity contribution is -0.121. The van der Waals surface area contributed by atoms with Gasteiger partial charge in [-0.1, -0.05) is 61.3 Å². The third kappa shape index (κ3) is 5.83. The zero-order valence-corrected chi connectivity index (χ0v) is 16.3. The molecule has 1 N–H and O–H groups in total. The first-order valence-corrected chi connectivity index (χ1v) is 10.3. The highest BCUT2D eigenvalue weighted by molar-refractivity contribution is 7.89. The van der Waals surface area contributed by atoms with Crippen LogP contribution in [0.2, 0.25) is 5.02 Å². The van der Waals surface area contributed by atoms with E-state index in [2.05, 4.69) is 5.32 Å².